The predicted octanol–water partition coefficient (Wildman–Crippen LogP) is 3.95. The minimum Gasteiger partial charge on any atom is -0.366 e. The smallest absolute Gasteiger partial charge is 0.0971 e. The van der Waals surface area contributed by atoms with E-state index < -0.39 is 0 Å². The Balaban J connectivity index is 1.70. The highest BCUT2D eigenvalue weighted by Gasteiger charge is 1.93. The molecule has 0 aromatic heterocycles. The van der Waals surface area contributed by atoms with E-state index in [1.165, 1.54) is 10.5 Å². The van der Waals surface area contributed by atoms with E-state index in [0.717, 1.165) is 0 Å². The van der Waals surface area contributed by atoms with Crippen molar-refractivity contribution in [3.05, 3.63) is 66.2 Å². The summed E-state index contributed by atoms with van der Waals surface area (Å²) in [5.41, 5.74) is 1.22. The molecule has 0 saturated carbocycles. The van der Waals surface area contributed by atoms with Crippen molar-refractivity contribution in [1.29, 1.82) is 0 Å². The Morgan fingerprint density at radius 2 is 1.44 bits per heavy atom. The van der Waals surface area contributed by atoms with Crippen molar-refractivity contribution in [1.82, 2.24) is 0 Å². The first-order valence-corrected chi connectivity index (χ1v) is 6.23. The van der Waals surface area contributed by atoms with Gasteiger partial charge in [0, 0.05) is 4.90 Å². The Morgan fingerprint density at radius 1 is 0.812 bits per heavy atom. The molecule has 0 amide bonds. The zero-order chi connectivity index (χ0) is 11.1. The average Bonchev–Trinajstić information content (AvgIpc) is 2.37. The molecular formula is C14H14OS. The predicted molar refractivity (Wildman–Crippen MR) is 68.4 cm³/mol. The lowest BCUT2D eigenvalue weighted by atomic mass is 10.2. The second-order valence-electron chi connectivity index (χ2n) is 3.41. The van der Waals surface area contributed by atoms with Crippen molar-refractivity contribution in [3.8, 4) is 0 Å². The molecular weight excluding hydrogens is 217 g/mol. The number of rotatable bonds is 5. The van der Waals surface area contributed by atoms with Crippen LogP contribution in [0.3, 0.4) is 0 Å². The van der Waals surface area contributed by atoms with E-state index in [2.05, 4.69) is 24.3 Å². The van der Waals surface area contributed by atoms with E-state index in [9.17, 15) is 0 Å². The molecule has 0 atom stereocenters. The molecule has 0 aliphatic carbocycles. The maximum absolute atomic E-state index is 5.59. The topological polar surface area (TPSA) is 9.23 Å². The first-order valence-electron chi connectivity index (χ1n) is 5.25. The van der Waals surface area contributed by atoms with E-state index >= 15 is 0 Å². The van der Waals surface area contributed by atoms with Gasteiger partial charge in [0.2, 0.25) is 0 Å². The molecule has 1 nitrogen and oxygen atoms in total. The zero-order valence-corrected chi connectivity index (χ0v) is 9.82. The molecule has 0 radical (unpaired) electrons. The fourth-order valence-corrected chi connectivity index (χ4v) is 2.01. The largest absolute Gasteiger partial charge is 0.366 e. The first-order chi connectivity index (χ1) is 7.95. The average molecular weight is 231 g/mol. The third-order valence-corrected chi connectivity index (χ3v) is 3.05. The Hall–Kier alpha value is -1.25. The van der Waals surface area contributed by atoms with Crippen LogP contribution in [0.2, 0.25) is 0 Å². The quantitative estimate of drug-likeness (QED) is 0.333. The van der Waals surface area contributed by atoms with Crippen LogP contribution in [0.15, 0.2) is 65.6 Å². The number of hydrogen-bond acceptors (Lipinski definition) is 2. The maximum atomic E-state index is 5.59. The van der Waals surface area contributed by atoms with Gasteiger partial charge in [0.1, 0.15) is 0 Å². The minimum atomic E-state index is 0.681. The van der Waals surface area contributed by atoms with E-state index in [4.69, 9.17) is 4.74 Å². The van der Waals surface area contributed by atoms with Crippen molar-refractivity contribution in [3.63, 3.8) is 0 Å². The van der Waals surface area contributed by atoms with Crippen LogP contribution >= 0.6 is 11.8 Å². The van der Waals surface area contributed by atoms with Crippen LogP contribution in [0.5, 0.6) is 0 Å². The van der Waals surface area contributed by atoms with Gasteiger partial charge in [-0.2, -0.15) is 0 Å². The third-order valence-electron chi connectivity index (χ3n) is 2.16. The van der Waals surface area contributed by atoms with Crippen molar-refractivity contribution in [2.45, 2.75) is 11.5 Å². The molecule has 0 unspecified atom stereocenters. The monoisotopic (exact) mass is 231 g/mol. The summed E-state index contributed by atoms with van der Waals surface area (Å²) < 4.78 is 5.59. The van der Waals surface area contributed by atoms with Gasteiger partial charge in [0.25, 0.3) is 0 Å². The summed E-state index contributed by atoms with van der Waals surface area (Å²) in [6.45, 7) is 0.681. The van der Waals surface area contributed by atoms with Gasteiger partial charge in [-0.25, -0.2) is 0 Å². The lowest BCUT2D eigenvalue weighted by Gasteiger charge is -2.03. The molecule has 16 heavy (non-hydrogen) atoms. The fourth-order valence-electron chi connectivity index (χ4n) is 1.36. The summed E-state index contributed by atoms with van der Waals surface area (Å²) >= 11 is 1.72. The number of ether oxygens (including phenoxy) is 1. The summed E-state index contributed by atoms with van der Waals surface area (Å²) in [6, 6.07) is 20.5. The molecule has 2 aromatic carbocycles. The standard InChI is InChI=1S/C14H14OS/c1-3-7-13(8-4-1)11-15-12-16-14-9-5-2-6-10-14/h1-10H,11-12H2/i12+1. The molecule has 0 fully saturated rings. The van der Waals surface area contributed by atoms with E-state index in [0.29, 0.717) is 12.5 Å². The van der Waals surface area contributed by atoms with Crippen LogP contribution in [-0.4, -0.2) is 5.94 Å². The Labute approximate surface area is 100 Å². The van der Waals surface area contributed by atoms with E-state index in [1.807, 2.05) is 36.4 Å². The second-order valence-corrected chi connectivity index (χ2v) is 4.41. The molecule has 0 heterocycles. The minimum absolute atomic E-state index is 0.681. The van der Waals surface area contributed by atoms with E-state index in [1.54, 1.807) is 11.8 Å². The summed E-state index contributed by atoms with van der Waals surface area (Å²) in [5, 5.41) is 0. The summed E-state index contributed by atoms with van der Waals surface area (Å²) in [5.74, 6) is 0.693. The number of benzene rings is 2. The molecule has 0 saturated heterocycles. The Morgan fingerprint density at radius 3 is 2.12 bits per heavy atom. The lowest BCUT2D eigenvalue weighted by molar-refractivity contribution is 0.169. The van der Waals surface area contributed by atoms with E-state index in [-0.39, 0.29) is 0 Å². The molecule has 0 spiro atoms. The molecule has 0 bridgehead atoms. The first kappa shape index (κ1) is 11.2. The molecule has 0 N–H and O–H groups in total. The Bertz CT molecular complexity index is 358. The highest BCUT2D eigenvalue weighted by molar-refractivity contribution is 7.99. The molecule has 0 aliphatic rings. The van der Waals surface area contributed by atoms with Crippen molar-refractivity contribution in [2.75, 3.05) is 5.94 Å². The normalized spacial score (nSPS) is 10.2. The highest BCUT2D eigenvalue weighted by Crippen LogP contribution is 2.17. The molecule has 82 valence electrons. The van der Waals surface area contributed by atoms with Crippen molar-refractivity contribution >= 4 is 11.8 Å². The summed E-state index contributed by atoms with van der Waals surface area (Å²) in [6.07, 6.45) is 0. The lowest BCUT2D eigenvalue weighted by Crippen LogP contribution is -1.91. The maximum Gasteiger partial charge on any atom is 0.0971 e. The number of thioether (sulfide) groups is 1. The highest BCUT2D eigenvalue weighted by atomic mass is 32.2. The van der Waals surface area contributed by atoms with Gasteiger partial charge in [0.05, 0.1) is 12.5 Å². The second kappa shape index (κ2) is 6.36. The number of hydrogen-bond donors (Lipinski definition) is 0. The molecule has 0 aliphatic heterocycles. The zero-order valence-electron chi connectivity index (χ0n) is 9.00. The van der Waals surface area contributed by atoms with Gasteiger partial charge in [-0.05, 0) is 17.7 Å². The molecule has 2 heteroatoms. The van der Waals surface area contributed by atoms with Gasteiger partial charge >= 0.3 is 0 Å². The summed E-state index contributed by atoms with van der Waals surface area (Å²) in [4.78, 5) is 1.25. The van der Waals surface area contributed by atoms with Crippen LogP contribution in [0.1, 0.15) is 5.56 Å². The van der Waals surface area contributed by atoms with Crippen molar-refractivity contribution < 1.29 is 4.74 Å². The van der Waals surface area contributed by atoms with Crippen LogP contribution in [0, 0.1) is 0 Å². The van der Waals surface area contributed by atoms with Gasteiger partial charge in [0.15, 0.2) is 0 Å². The Kier molecular flexibility index (Phi) is 4.47. The van der Waals surface area contributed by atoms with Crippen LogP contribution in [0.25, 0.3) is 0 Å². The fraction of sp³-hybridized carbons (Fsp3) is 0.143. The summed E-state index contributed by atoms with van der Waals surface area (Å²) in [7, 11) is 0. The third kappa shape index (κ3) is 3.72. The van der Waals surface area contributed by atoms with Gasteiger partial charge in [-0.3, -0.25) is 0 Å². The molecule has 2 aromatic rings. The van der Waals surface area contributed by atoms with Gasteiger partial charge < -0.3 is 4.74 Å². The molecule has 2 rings (SSSR count). The van der Waals surface area contributed by atoms with Gasteiger partial charge in [-0.15, -0.1) is 0 Å². The van der Waals surface area contributed by atoms with Gasteiger partial charge in [-0.1, -0.05) is 60.3 Å². The van der Waals surface area contributed by atoms with Crippen LogP contribution in [-0.2, 0) is 11.3 Å². The van der Waals surface area contributed by atoms with Crippen LogP contribution in [0.4, 0.5) is 0 Å². The van der Waals surface area contributed by atoms with Crippen LogP contribution < -0.4 is 0 Å². The SMILES string of the molecule is c1ccc(CO[13CH2]Sc2ccccc2)cc1. The van der Waals surface area contributed by atoms with Crippen molar-refractivity contribution in [2.24, 2.45) is 0 Å².